The van der Waals surface area contributed by atoms with Crippen LogP contribution in [0.5, 0.6) is 0 Å². The lowest BCUT2D eigenvalue weighted by Gasteiger charge is -2.39. The normalized spacial score (nSPS) is 19.8. The van der Waals surface area contributed by atoms with E-state index in [4.69, 9.17) is 4.74 Å². The lowest BCUT2D eigenvalue weighted by atomic mass is 9.65. The molecular formula is C19H26O2. The highest BCUT2D eigenvalue weighted by Crippen LogP contribution is 2.47. The van der Waals surface area contributed by atoms with E-state index in [0.717, 1.165) is 12.0 Å². The van der Waals surface area contributed by atoms with E-state index >= 15 is 0 Å². The molecule has 0 saturated carbocycles. The summed E-state index contributed by atoms with van der Waals surface area (Å²) in [6, 6.07) is 5.85. The van der Waals surface area contributed by atoms with E-state index in [1.165, 1.54) is 24.7 Å². The fraction of sp³-hybridized carbons (Fsp3) is 0.526. The Morgan fingerprint density at radius 3 is 2.38 bits per heavy atom. The fourth-order valence-electron chi connectivity index (χ4n) is 3.83. The Labute approximate surface area is 128 Å². The van der Waals surface area contributed by atoms with Gasteiger partial charge in [0.1, 0.15) is 0 Å². The zero-order chi connectivity index (χ0) is 15.8. The SMILES string of the molecule is COC(=O)c1ccc(C2=CC(C)(C)CC(C)(C)C2)c(C)c1. The first-order valence-electron chi connectivity index (χ1n) is 7.55. The molecule has 2 rings (SSSR count). The van der Waals surface area contributed by atoms with E-state index in [1.807, 2.05) is 12.1 Å². The van der Waals surface area contributed by atoms with E-state index in [9.17, 15) is 4.79 Å². The molecule has 1 aromatic carbocycles. The minimum absolute atomic E-state index is 0.213. The topological polar surface area (TPSA) is 26.3 Å². The smallest absolute Gasteiger partial charge is 0.337 e. The number of carbonyl (C=O) groups is 1. The number of aryl methyl sites for hydroxylation is 1. The van der Waals surface area contributed by atoms with Crippen LogP contribution in [0.2, 0.25) is 0 Å². The molecule has 114 valence electrons. The predicted octanol–water partition coefficient (Wildman–Crippen LogP) is 5.01. The molecule has 0 unspecified atom stereocenters. The minimum atomic E-state index is -0.275. The Morgan fingerprint density at radius 2 is 1.86 bits per heavy atom. The van der Waals surface area contributed by atoms with Gasteiger partial charge in [-0.05, 0) is 59.4 Å². The van der Waals surface area contributed by atoms with Gasteiger partial charge in [0.25, 0.3) is 0 Å². The van der Waals surface area contributed by atoms with Crippen LogP contribution in [0.4, 0.5) is 0 Å². The lowest BCUT2D eigenvalue weighted by Crippen LogP contribution is -2.26. The van der Waals surface area contributed by atoms with Gasteiger partial charge < -0.3 is 4.74 Å². The summed E-state index contributed by atoms with van der Waals surface area (Å²) in [5, 5.41) is 0. The lowest BCUT2D eigenvalue weighted by molar-refractivity contribution is 0.0600. The maximum atomic E-state index is 11.6. The molecule has 0 N–H and O–H groups in total. The van der Waals surface area contributed by atoms with Gasteiger partial charge in [-0.3, -0.25) is 0 Å². The summed E-state index contributed by atoms with van der Waals surface area (Å²) in [4.78, 5) is 11.6. The van der Waals surface area contributed by atoms with Gasteiger partial charge in [-0.2, -0.15) is 0 Å². The molecule has 2 heteroatoms. The summed E-state index contributed by atoms with van der Waals surface area (Å²) in [6.45, 7) is 11.3. The summed E-state index contributed by atoms with van der Waals surface area (Å²) >= 11 is 0. The maximum absolute atomic E-state index is 11.6. The number of ether oxygens (including phenoxy) is 1. The highest BCUT2D eigenvalue weighted by atomic mass is 16.5. The average Bonchev–Trinajstić information content (AvgIpc) is 2.33. The Bertz CT molecular complexity index is 592. The molecule has 0 fully saturated rings. The predicted molar refractivity (Wildman–Crippen MR) is 87.3 cm³/mol. The van der Waals surface area contributed by atoms with Crippen molar-refractivity contribution in [2.24, 2.45) is 10.8 Å². The van der Waals surface area contributed by atoms with Gasteiger partial charge in [0.05, 0.1) is 12.7 Å². The standard InChI is InChI=1S/C19H26O2/c1-13-9-14(17(20)21-6)7-8-16(13)15-10-18(2,3)12-19(4,5)11-15/h7-10H,11-12H2,1-6H3. The monoisotopic (exact) mass is 286 g/mol. The van der Waals surface area contributed by atoms with Crippen molar-refractivity contribution in [3.8, 4) is 0 Å². The highest BCUT2D eigenvalue weighted by Gasteiger charge is 2.33. The van der Waals surface area contributed by atoms with Crippen LogP contribution in [0, 0.1) is 17.8 Å². The second-order valence-electron chi connectivity index (χ2n) is 7.70. The quantitative estimate of drug-likeness (QED) is 0.714. The van der Waals surface area contributed by atoms with Crippen LogP contribution in [0.15, 0.2) is 24.3 Å². The number of rotatable bonds is 2. The highest BCUT2D eigenvalue weighted by molar-refractivity contribution is 5.90. The minimum Gasteiger partial charge on any atom is -0.465 e. The zero-order valence-electron chi connectivity index (χ0n) is 14.0. The number of hydrogen-bond acceptors (Lipinski definition) is 2. The third-order valence-corrected chi connectivity index (χ3v) is 4.16. The van der Waals surface area contributed by atoms with E-state index in [2.05, 4.69) is 46.8 Å². The maximum Gasteiger partial charge on any atom is 0.337 e. The Kier molecular flexibility index (Phi) is 4.01. The van der Waals surface area contributed by atoms with Crippen LogP contribution in [0.1, 0.15) is 62.0 Å². The third-order valence-electron chi connectivity index (χ3n) is 4.16. The molecule has 1 aromatic rings. The first kappa shape index (κ1) is 15.8. The van der Waals surface area contributed by atoms with E-state index in [0.29, 0.717) is 11.0 Å². The number of carbonyl (C=O) groups excluding carboxylic acids is 1. The summed E-state index contributed by atoms with van der Waals surface area (Å²) in [5.41, 5.74) is 4.92. The van der Waals surface area contributed by atoms with Crippen LogP contribution in [-0.4, -0.2) is 13.1 Å². The van der Waals surface area contributed by atoms with Crippen molar-refractivity contribution in [1.82, 2.24) is 0 Å². The molecule has 0 amide bonds. The molecule has 1 aliphatic rings. The van der Waals surface area contributed by atoms with E-state index in [-0.39, 0.29) is 11.4 Å². The van der Waals surface area contributed by atoms with Crippen molar-refractivity contribution < 1.29 is 9.53 Å². The van der Waals surface area contributed by atoms with Crippen molar-refractivity contribution in [3.63, 3.8) is 0 Å². The number of methoxy groups -OCH3 is 1. The number of allylic oxidation sites excluding steroid dienone is 2. The summed E-state index contributed by atoms with van der Waals surface area (Å²) in [7, 11) is 1.42. The number of benzene rings is 1. The molecule has 21 heavy (non-hydrogen) atoms. The van der Waals surface area contributed by atoms with Gasteiger partial charge in [0.15, 0.2) is 0 Å². The summed E-state index contributed by atoms with van der Waals surface area (Å²) < 4.78 is 4.79. The zero-order valence-corrected chi connectivity index (χ0v) is 14.0. The van der Waals surface area contributed by atoms with Gasteiger partial charge in [-0.15, -0.1) is 0 Å². The van der Waals surface area contributed by atoms with Crippen molar-refractivity contribution >= 4 is 11.5 Å². The van der Waals surface area contributed by atoms with Crippen molar-refractivity contribution in [2.45, 2.75) is 47.5 Å². The Hall–Kier alpha value is -1.57. The molecule has 0 bridgehead atoms. The average molecular weight is 286 g/mol. The van der Waals surface area contributed by atoms with Crippen LogP contribution in [0.25, 0.3) is 5.57 Å². The molecule has 2 nitrogen and oxygen atoms in total. The second kappa shape index (κ2) is 5.32. The van der Waals surface area contributed by atoms with Crippen LogP contribution in [-0.2, 0) is 4.74 Å². The van der Waals surface area contributed by atoms with Crippen molar-refractivity contribution in [2.75, 3.05) is 7.11 Å². The molecular weight excluding hydrogens is 260 g/mol. The molecule has 0 atom stereocenters. The summed E-state index contributed by atoms with van der Waals surface area (Å²) in [5.74, 6) is -0.275. The van der Waals surface area contributed by atoms with Gasteiger partial charge in [0.2, 0.25) is 0 Å². The third kappa shape index (κ3) is 3.55. The molecule has 1 aliphatic carbocycles. The van der Waals surface area contributed by atoms with Crippen LogP contribution < -0.4 is 0 Å². The van der Waals surface area contributed by atoms with Crippen molar-refractivity contribution in [1.29, 1.82) is 0 Å². The molecule has 0 spiro atoms. The van der Waals surface area contributed by atoms with Gasteiger partial charge >= 0.3 is 5.97 Å². The molecule has 0 heterocycles. The molecule has 0 radical (unpaired) electrons. The van der Waals surface area contributed by atoms with E-state index < -0.39 is 0 Å². The van der Waals surface area contributed by atoms with Gasteiger partial charge in [-0.25, -0.2) is 4.79 Å². The number of esters is 1. The van der Waals surface area contributed by atoms with Crippen LogP contribution in [0.3, 0.4) is 0 Å². The molecule has 0 aliphatic heterocycles. The van der Waals surface area contributed by atoms with Crippen LogP contribution >= 0.6 is 0 Å². The molecule has 0 aromatic heterocycles. The van der Waals surface area contributed by atoms with Crippen molar-refractivity contribution in [3.05, 3.63) is 41.0 Å². The first-order valence-corrected chi connectivity index (χ1v) is 7.55. The Balaban J connectivity index is 2.42. The largest absolute Gasteiger partial charge is 0.465 e. The number of hydrogen-bond donors (Lipinski definition) is 0. The fourth-order valence-corrected chi connectivity index (χ4v) is 3.83. The second-order valence-corrected chi connectivity index (χ2v) is 7.70. The summed E-state index contributed by atoms with van der Waals surface area (Å²) in [6.07, 6.45) is 4.68. The Morgan fingerprint density at radius 1 is 1.19 bits per heavy atom. The van der Waals surface area contributed by atoms with Gasteiger partial charge in [-0.1, -0.05) is 39.8 Å². The van der Waals surface area contributed by atoms with E-state index in [1.54, 1.807) is 0 Å². The first-order chi connectivity index (χ1) is 9.63. The molecule has 0 saturated heterocycles. The van der Waals surface area contributed by atoms with Gasteiger partial charge in [0, 0.05) is 0 Å².